The summed E-state index contributed by atoms with van der Waals surface area (Å²) in [6.07, 6.45) is 2.49. The highest BCUT2D eigenvalue weighted by atomic mass is 79.9. The van der Waals surface area contributed by atoms with Crippen molar-refractivity contribution in [2.24, 2.45) is 11.7 Å². The van der Waals surface area contributed by atoms with E-state index in [9.17, 15) is 0 Å². The van der Waals surface area contributed by atoms with Crippen LogP contribution < -0.4 is 11.1 Å². The van der Waals surface area contributed by atoms with E-state index in [2.05, 4.69) is 27.3 Å². The third-order valence-corrected chi connectivity index (χ3v) is 3.38. The molecule has 1 aliphatic rings. The molecule has 1 aliphatic carbocycles. The van der Waals surface area contributed by atoms with Crippen molar-refractivity contribution in [2.75, 3.05) is 11.9 Å². The van der Waals surface area contributed by atoms with Crippen molar-refractivity contribution in [3.8, 4) is 6.07 Å². The van der Waals surface area contributed by atoms with E-state index in [1.54, 1.807) is 0 Å². The fourth-order valence-corrected chi connectivity index (χ4v) is 2.16. The number of benzene rings is 1. The van der Waals surface area contributed by atoms with Gasteiger partial charge in [0.05, 0.1) is 11.3 Å². The molecule has 0 amide bonds. The maximum Gasteiger partial charge on any atom is 0.101 e. The summed E-state index contributed by atoms with van der Waals surface area (Å²) < 4.78 is 0.922. The molecule has 1 fully saturated rings. The number of rotatable bonds is 4. The Kier molecular flexibility index (Phi) is 3.47. The molecule has 16 heavy (non-hydrogen) atoms. The average molecular weight is 280 g/mol. The number of anilines is 1. The van der Waals surface area contributed by atoms with Crippen LogP contribution in [0.2, 0.25) is 0 Å². The van der Waals surface area contributed by atoms with Gasteiger partial charge in [0, 0.05) is 17.1 Å². The second-order valence-electron chi connectivity index (χ2n) is 4.13. The number of nitrogens with zero attached hydrogens (tertiary/aromatic N) is 1. The maximum absolute atomic E-state index is 9.04. The molecule has 1 unspecified atom stereocenters. The van der Waals surface area contributed by atoms with Crippen molar-refractivity contribution >= 4 is 21.6 Å². The van der Waals surface area contributed by atoms with Crippen LogP contribution in [-0.2, 0) is 0 Å². The smallest absolute Gasteiger partial charge is 0.101 e. The Morgan fingerprint density at radius 3 is 2.88 bits per heavy atom. The van der Waals surface area contributed by atoms with Gasteiger partial charge in [0.15, 0.2) is 0 Å². The number of halogens is 1. The lowest BCUT2D eigenvalue weighted by Gasteiger charge is -2.18. The van der Waals surface area contributed by atoms with Crippen LogP contribution in [0, 0.1) is 17.2 Å². The molecule has 1 atom stereocenters. The molecule has 0 spiro atoms. The first kappa shape index (κ1) is 11.4. The van der Waals surface area contributed by atoms with Crippen LogP contribution in [0.1, 0.15) is 18.4 Å². The zero-order chi connectivity index (χ0) is 11.5. The molecule has 0 bridgehead atoms. The van der Waals surface area contributed by atoms with Crippen molar-refractivity contribution in [1.82, 2.24) is 0 Å². The predicted molar refractivity (Wildman–Crippen MR) is 68.0 cm³/mol. The zero-order valence-electron chi connectivity index (χ0n) is 8.91. The quantitative estimate of drug-likeness (QED) is 0.890. The van der Waals surface area contributed by atoms with Crippen LogP contribution in [0.5, 0.6) is 0 Å². The summed E-state index contributed by atoms with van der Waals surface area (Å²) in [6.45, 7) is 0.617. The largest absolute Gasteiger partial charge is 0.380 e. The van der Waals surface area contributed by atoms with Crippen LogP contribution in [0.25, 0.3) is 0 Å². The zero-order valence-corrected chi connectivity index (χ0v) is 10.5. The van der Waals surface area contributed by atoms with Gasteiger partial charge in [0.25, 0.3) is 0 Å². The van der Waals surface area contributed by atoms with Crippen LogP contribution in [0.4, 0.5) is 5.69 Å². The Hall–Kier alpha value is -1.05. The summed E-state index contributed by atoms with van der Waals surface area (Å²) in [4.78, 5) is 0. The van der Waals surface area contributed by atoms with Crippen LogP contribution in [0.3, 0.4) is 0 Å². The first-order valence-electron chi connectivity index (χ1n) is 5.41. The monoisotopic (exact) mass is 279 g/mol. The second kappa shape index (κ2) is 4.86. The minimum atomic E-state index is 0.299. The van der Waals surface area contributed by atoms with Gasteiger partial charge in [-0.3, -0.25) is 0 Å². The number of nitrogens with one attached hydrogen (secondary N) is 1. The van der Waals surface area contributed by atoms with Gasteiger partial charge in [-0.25, -0.2) is 0 Å². The van der Waals surface area contributed by atoms with E-state index in [4.69, 9.17) is 11.0 Å². The van der Waals surface area contributed by atoms with Crippen molar-refractivity contribution in [1.29, 1.82) is 5.26 Å². The van der Waals surface area contributed by atoms with E-state index in [-0.39, 0.29) is 0 Å². The van der Waals surface area contributed by atoms with Crippen LogP contribution >= 0.6 is 15.9 Å². The Morgan fingerprint density at radius 1 is 1.56 bits per heavy atom. The fourth-order valence-electron chi connectivity index (χ4n) is 1.80. The highest BCUT2D eigenvalue weighted by molar-refractivity contribution is 9.10. The van der Waals surface area contributed by atoms with E-state index in [0.717, 1.165) is 10.2 Å². The van der Waals surface area contributed by atoms with Gasteiger partial charge in [-0.15, -0.1) is 0 Å². The van der Waals surface area contributed by atoms with Gasteiger partial charge in [-0.1, -0.05) is 15.9 Å². The molecule has 84 valence electrons. The van der Waals surface area contributed by atoms with Crippen molar-refractivity contribution < 1.29 is 0 Å². The molecule has 0 radical (unpaired) electrons. The highest BCUT2D eigenvalue weighted by Crippen LogP contribution is 2.34. The molecule has 1 aromatic carbocycles. The lowest BCUT2D eigenvalue weighted by molar-refractivity contribution is 0.645. The first-order valence-corrected chi connectivity index (χ1v) is 6.20. The fraction of sp³-hybridized carbons (Fsp3) is 0.417. The first-order chi connectivity index (χ1) is 7.74. The van der Waals surface area contributed by atoms with E-state index < -0.39 is 0 Å². The van der Waals surface area contributed by atoms with Crippen molar-refractivity contribution in [3.63, 3.8) is 0 Å². The number of hydrogen-bond donors (Lipinski definition) is 2. The number of nitrogens with two attached hydrogens (primary N) is 1. The number of hydrogen-bond acceptors (Lipinski definition) is 3. The SMILES string of the molecule is N#Cc1cc(Br)ccc1NC(CN)C1CC1. The van der Waals surface area contributed by atoms with Crippen LogP contribution in [0.15, 0.2) is 22.7 Å². The van der Waals surface area contributed by atoms with Crippen molar-refractivity contribution in [2.45, 2.75) is 18.9 Å². The normalized spacial score (nSPS) is 16.6. The summed E-state index contributed by atoms with van der Waals surface area (Å²) in [5, 5.41) is 12.4. The minimum Gasteiger partial charge on any atom is -0.380 e. The molecule has 0 heterocycles. The molecule has 3 nitrogen and oxygen atoms in total. The van der Waals surface area contributed by atoms with Crippen molar-refractivity contribution in [3.05, 3.63) is 28.2 Å². The molecule has 4 heteroatoms. The van der Waals surface area contributed by atoms with Gasteiger partial charge < -0.3 is 11.1 Å². The molecule has 0 aromatic heterocycles. The molecule has 0 aliphatic heterocycles. The molecule has 0 saturated heterocycles. The molecular formula is C12H14BrN3. The van der Waals surface area contributed by atoms with Crippen LogP contribution in [-0.4, -0.2) is 12.6 Å². The summed E-state index contributed by atoms with van der Waals surface area (Å²) in [7, 11) is 0. The minimum absolute atomic E-state index is 0.299. The van der Waals surface area contributed by atoms with Gasteiger partial charge in [0.1, 0.15) is 6.07 Å². The third kappa shape index (κ3) is 2.55. The third-order valence-electron chi connectivity index (χ3n) is 2.89. The van der Waals surface area contributed by atoms with Gasteiger partial charge >= 0.3 is 0 Å². The lowest BCUT2D eigenvalue weighted by atomic mass is 10.1. The van der Waals surface area contributed by atoms with Gasteiger partial charge in [0.2, 0.25) is 0 Å². The Morgan fingerprint density at radius 2 is 2.31 bits per heavy atom. The molecule has 2 rings (SSSR count). The topological polar surface area (TPSA) is 61.8 Å². The molecule has 1 saturated carbocycles. The Balaban J connectivity index is 2.16. The molecular weight excluding hydrogens is 266 g/mol. The van der Waals surface area contributed by atoms with E-state index in [1.165, 1.54) is 12.8 Å². The van der Waals surface area contributed by atoms with Gasteiger partial charge in [-0.05, 0) is 37.0 Å². The predicted octanol–water partition coefficient (Wildman–Crippen LogP) is 2.47. The van der Waals surface area contributed by atoms with E-state index in [1.807, 2.05) is 18.2 Å². The second-order valence-corrected chi connectivity index (χ2v) is 5.04. The average Bonchev–Trinajstić information content (AvgIpc) is 3.11. The number of nitriles is 1. The summed E-state index contributed by atoms with van der Waals surface area (Å²) >= 11 is 3.36. The lowest BCUT2D eigenvalue weighted by Crippen LogP contribution is -2.31. The van der Waals surface area contributed by atoms with E-state index >= 15 is 0 Å². The maximum atomic E-state index is 9.04. The van der Waals surface area contributed by atoms with Gasteiger partial charge in [-0.2, -0.15) is 5.26 Å². The highest BCUT2D eigenvalue weighted by Gasteiger charge is 2.30. The molecule has 3 N–H and O–H groups in total. The molecule has 1 aromatic rings. The summed E-state index contributed by atoms with van der Waals surface area (Å²) in [5.41, 5.74) is 7.27. The summed E-state index contributed by atoms with van der Waals surface area (Å²) in [6, 6.07) is 8.17. The summed E-state index contributed by atoms with van der Waals surface area (Å²) in [5.74, 6) is 0.681. The Labute approximate surface area is 104 Å². The Bertz CT molecular complexity index is 421. The van der Waals surface area contributed by atoms with E-state index in [0.29, 0.717) is 24.1 Å². The standard InChI is InChI=1S/C12H14BrN3/c13-10-3-4-11(9(5-10)6-14)16-12(7-15)8-1-2-8/h3-5,8,12,16H,1-2,7,15H2.